The molecule has 0 aliphatic carbocycles. The van der Waals surface area contributed by atoms with E-state index in [2.05, 4.69) is 6.07 Å². The van der Waals surface area contributed by atoms with Crippen LogP contribution in [0.4, 0.5) is 4.79 Å². The van der Waals surface area contributed by atoms with Gasteiger partial charge in [0, 0.05) is 0 Å². The van der Waals surface area contributed by atoms with Crippen LogP contribution in [0.3, 0.4) is 0 Å². The van der Waals surface area contributed by atoms with Crippen molar-refractivity contribution in [2.24, 2.45) is 0 Å². The fourth-order valence-electron chi connectivity index (χ4n) is 3.17. The van der Waals surface area contributed by atoms with Gasteiger partial charge in [-0.2, -0.15) is 0 Å². The Hall–Kier alpha value is -3.52. The monoisotopic (exact) mass is 458 g/mol. The maximum absolute atomic E-state index is 12.0. The summed E-state index contributed by atoms with van der Waals surface area (Å²) in [5.74, 6) is -0.154. The van der Waals surface area contributed by atoms with E-state index < -0.39 is 17.8 Å². The van der Waals surface area contributed by atoms with Crippen molar-refractivity contribution in [2.45, 2.75) is 20.8 Å². The average molecular weight is 459 g/mol. The fraction of sp³-hybridized carbons (Fsp3) is 0.261. The molecule has 0 bridgehead atoms. The Bertz CT molecular complexity index is 1050. The molecule has 0 atom stereocenters. The van der Waals surface area contributed by atoms with Gasteiger partial charge in [0.05, 0.1) is 11.6 Å². The normalized spacial score (nSPS) is 13.4. The van der Waals surface area contributed by atoms with Gasteiger partial charge in [-0.3, -0.25) is 20.2 Å². The summed E-state index contributed by atoms with van der Waals surface area (Å²) in [5, 5.41) is 4.28. The molecule has 0 unspecified atom stereocenters. The van der Waals surface area contributed by atoms with Crippen LogP contribution in [0.25, 0.3) is 6.08 Å². The lowest BCUT2D eigenvalue weighted by Gasteiger charge is -2.16. The molecule has 2 aromatic carbocycles. The molecule has 9 heteroatoms. The predicted molar refractivity (Wildman–Crippen MR) is 119 cm³/mol. The van der Waals surface area contributed by atoms with Gasteiger partial charge in [0.25, 0.3) is 11.8 Å². The Kier molecular flexibility index (Phi) is 7.37. The molecule has 1 saturated heterocycles. The maximum atomic E-state index is 12.0. The van der Waals surface area contributed by atoms with Crippen molar-refractivity contribution in [3.8, 4) is 17.2 Å². The average Bonchev–Trinajstić information content (AvgIpc) is 2.69. The van der Waals surface area contributed by atoms with Crippen LogP contribution < -0.4 is 24.8 Å². The molecule has 1 fully saturated rings. The van der Waals surface area contributed by atoms with E-state index in [9.17, 15) is 14.4 Å². The molecule has 168 valence electrons. The van der Waals surface area contributed by atoms with Crippen LogP contribution >= 0.6 is 11.6 Å². The first kappa shape index (κ1) is 23.1. The molecule has 0 spiro atoms. The highest BCUT2D eigenvalue weighted by molar-refractivity contribution is 6.33. The summed E-state index contributed by atoms with van der Waals surface area (Å²) in [5.41, 5.74) is 2.43. The Morgan fingerprint density at radius 2 is 1.50 bits per heavy atom. The zero-order valence-electron chi connectivity index (χ0n) is 17.9. The third kappa shape index (κ3) is 5.79. The van der Waals surface area contributed by atoms with Crippen LogP contribution in [0.15, 0.2) is 35.9 Å². The molecule has 3 rings (SSSR count). The number of carbonyl (C=O) groups is 3. The van der Waals surface area contributed by atoms with E-state index in [-0.39, 0.29) is 17.2 Å². The minimum atomic E-state index is -0.864. The predicted octanol–water partition coefficient (Wildman–Crippen LogP) is 3.56. The van der Waals surface area contributed by atoms with Crippen LogP contribution in [0.2, 0.25) is 5.02 Å². The van der Waals surface area contributed by atoms with Gasteiger partial charge >= 0.3 is 6.03 Å². The Labute approximate surface area is 190 Å². The number of urea groups is 1. The topological polar surface area (TPSA) is 103 Å². The minimum absolute atomic E-state index is 0.222. The summed E-state index contributed by atoms with van der Waals surface area (Å²) in [7, 11) is 0. The number of amides is 4. The summed E-state index contributed by atoms with van der Waals surface area (Å²) in [6.45, 7) is 6.67. The summed E-state index contributed by atoms with van der Waals surface area (Å²) < 4.78 is 17.2. The lowest BCUT2D eigenvalue weighted by atomic mass is 10.1. The number of ether oxygens (including phenoxy) is 3. The third-order valence-corrected chi connectivity index (χ3v) is 4.66. The van der Waals surface area contributed by atoms with Gasteiger partial charge in [0.15, 0.2) is 11.5 Å². The maximum Gasteiger partial charge on any atom is 0.328 e. The number of hydrogen-bond acceptors (Lipinski definition) is 6. The Morgan fingerprint density at radius 3 is 2.12 bits per heavy atom. The number of aryl methyl sites for hydroxylation is 2. The first-order chi connectivity index (χ1) is 15.3. The van der Waals surface area contributed by atoms with Crippen LogP contribution in [0, 0.1) is 13.8 Å². The van der Waals surface area contributed by atoms with Gasteiger partial charge in [0.2, 0.25) is 0 Å². The molecule has 0 radical (unpaired) electrons. The second kappa shape index (κ2) is 10.2. The number of hydrogen-bond donors (Lipinski definition) is 2. The third-order valence-electron chi connectivity index (χ3n) is 4.38. The van der Waals surface area contributed by atoms with Gasteiger partial charge in [-0.15, -0.1) is 0 Å². The molecule has 2 N–H and O–H groups in total. The van der Waals surface area contributed by atoms with E-state index in [0.29, 0.717) is 30.3 Å². The number of benzene rings is 2. The number of halogens is 1. The zero-order chi connectivity index (χ0) is 23.3. The van der Waals surface area contributed by atoms with Crippen molar-refractivity contribution in [2.75, 3.05) is 19.8 Å². The highest BCUT2D eigenvalue weighted by atomic mass is 35.5. The standard InChI is InChI=1S/C23H23ClN2O6/c1-4-30-19-12-15(10-17-21(27)25-23(29)26-22(17)28)11-18(24)20(19)32-6-5-31-16-8-13(2)7-14(3)9-16/h7-12H,4-6H2,1-3H3,(H2,25,26,27,28,29). The van der Waals surface area contributed by atoms with Gasteiger partial charge in [-0.05, 0) is 67.8 Å². The number of barbiturate groups is 1. The second-order valence-electron chi connectivity index (χ2n) is 7.08. The van der Waals surface area contributed by atoms with Gasteiger partial charge in [-0.1, -0.05) is 17.7 Å². The smallest absolute Gasteiger partial charge is 0.328 e. The van der Waals surface area contributed by atoms with Crippen molar-refractivity contribution >= 4 is 35.5 Å². The molecule has 1 aliphatic heterocycles. The second-order valence-corrected chi connectivity index (χ2v) is 7.49. The van der Waals surface area contributed by atoms with Crippen LogP contribution in [0.1, 0.15) is 23.6 Å². The summed E-state index contributed by atoms with van der Waals surface area (Å²) in [6, 6.07) is 8.22. The SMILES string of the molecule is CCOc1cc(C=C2C(=O)NC(=O)NC2=O)cc(Cl)c1OCCOc1cc(C)cc(C)c1. The first-order valence-electron chi connectivity index (χ1n) is 9.95. The quantitative estimate of drug-likeness (QED) is 0.356. The van der Waals surface area contributed by atoms with Crippen molar-refractivity contribution in [3.63, 3.8) is 0 Å². The number of rotatable bonds is 8. The molecular formula is C23H23ClN2O6. The highest BCUT2D eigenvalue weighted by Crippen LogP contribution is 2.37. The Morgan fingerprint density at radius 1 is 0.875 bits per heavy atom. The van der Waals surface area contributed by atoms with Gasteiger partial charge < -0.3 is 14.2 Å². The zero-order valence-corrected chi connectivity index (χ0v) is 18.7. The molecule has 8 nitrogen and oxygen atoms in total. The lowest BCUT2D eigenvalue weighted by molar-refractivity contribution is -0.123. The molecule has 2 aromatic rings. The van der Waals surface area contributed by atoms with Crippen molar-refractivity contribution in [3.05, 3.63) is 57.6 Å². The number of carbonyl (C=O) groups excluding carboxylic acids is 3. The summed E-state index contributed by atoms with van der Waals surface area (Å²) >= 11 is 6.39. The van der Waals surface area contributed by atoms with Crippen molar-refractivity contribution in [1.82, 2.24) is 10.6 Å². The molecule has 32 heavy (non-hydrogen) atoms. The molecule has 0 saturated carbocycles. The summed E-state index contributed by atoms with van der Waals surface area (Å²) in [4.78, 5) is 35.1. The molecule has 1 heterocycles. The van der Waals surface area contributed by atoms with E-state index in [1.54, 1.807) is 13.0 Å². The van der Waals surface area contributed by atoms with E-state index in [0.717, 1.165) is 16.9 Å². The minimum Gasteiger partial charge on any atom is -0.490 e. The van der Waals surface area contributed by atoms with E-state index in [1.165, 1.54) is 12.1 Å². The first-order valence-corrected chi connectivity index (χ1v) is 10.3. The number of imide groups is 2. The van der Waals surface area contributed by atoms with Gasteiger partial charge in [-0.25, -0.2) is 4.79 Å². The van der Waals surface area contributed by atoms with E-state index >= 15 is 0 Å². The molecular weight excluding hydrogens is 436 g/mol. The van der Waals surface area contributed by atoms with Gasteiger partial charge in [0.1, 0.15) is 24.5 Å². The molecule has 4 amide bonds. The van der Waals surface area contributed by atoms with E-state index in [4.69, 9.17) is 25.8 Å². The summed E-state index contributed by atoms with van der Waals surface area (Å²) in [6.07, 6.45) is 1.32. The van der Waals surface area contributed by atoms with Crippen molar-refractivity contribution in [1.29, 1.82) is 0 Å². The molecule has 0 aromatic heterocycles. The van der Waals surface area contributed by atoms with Crippen LogP contribution in [0.5, 0.6) is 17.2 Å². The fourth-order valence-corrected chi connectivity index (χ4v) is 3.44. The molecule has 1 aliphatic rings. The lowest BCUT2D eigenvalue weighted by Crippen LogP contribution is -2.51. The van der Waals surface area contributed by atoms with Crippen LogP contribution in [-0.2, 0) is 9.59 Å². The highest BCUT2D eigenvalue weighted by Gasteiger charge is 2.28. The number of nitrogens with one attached hydrogen (secondary N) is 2. The van der Waals surface area contributed by atoms with Crippen LogP contribution in [-0.4, -0.2) is 37.7 Å². The largest absolute Gasteiger partial charge is 0.490 e. The Balaban J connectivity index is 1.74. The van der Waals surface area contributed by atoms with E-state index in [1.807, 2.05) is 36.6 Å². The van der Waals surface area contributed by atoms with Crippen molar-refractivity contribution < 1.29 is 28.6 Å².